The maximum Gasteiger partial charge on any atom is 0.269 e. The van der Waals surface area contributed by atoms with Crippen LogP contribution < -0.4 is 9.47 Å². The third-order valence-corrected chi connectivity index (χ3v) is 5.93. The minimum atomic E-state index is -0.457. The monoisotopic (exact) mass is 568 g/mol. The van der Waals surface area contributed by atoms with Crippen molar-refractivity contribution in [2.75, 3.05) is 13.2 Å². The molecule has 0 spiro atoms. The van der Waals surface area contributed by atoms with Crippen molar-refractivity contribution in [2.24, 2.45) is 20.5 Å². The van der Waals surface area contributed by atoms with Gasteiger partial charge in [-0.15, -0.1) is 0 Å². The fraction of sp³-hybridized carbons (Fsp3) is 0.200. The van der Waals surface area contributed by atoms with Crippen molar-refractivity contribution < 1.29 is 19.3 Å². The Labute approximate surface area is 241 Å². The lowest BCUT2D eigenvalue weighted by Crippen LogP contribution is -1.99. The SMILES string of the molecule is O=[N+]([O-])c1ccc(N=Nc2ccc(OCCCCCCOc3ccc(N=Nc4ccc([N+](=O)[O-])cc4)cc3)cc2)cc1. The normalized spacial score (nSPS) is 11.1. The first-order valence-corrected chi connectivity index (χ1v) is 13.2. The largest absolute Gasteiger partial charge is 0.494 e. The van der Waals surface area contributed by atoms with Gasteiger partial charge in [0.25, 0.3) is 11.4 Å². The van der Waals surface area contributed by atoms with E-state index in [9.17, 15) is 20.2 Å². The van der Waals surface area contributed by atoms with Gasteiger partial charge in [0.2, 0.25) is 0 Å². The second kappa shape index (κ2) is 15.3. The molecule has 0 atom stereocenters. The zero-order valence-electron chi connectivity index (χ0n) is 22.6. The Morgan fingerprint density at radius 3 is 1.02 bits per heavy atom. The number of non-ortho nitro benzene ring substituents is 2. The molecule has 0 saturated carbocycles. The van der Waals surface area contributed by atoms with Gasteiger partial charge in [-0.3, -0.25) is 20.2 Å². The van der Waals surface area contributed by atoms with E-state index in [2.05, 4.69) is 20.5 Å². The molecule has 4 aromatic rings. The number of rotatable bonds is 15. The number of nitro benzene ring substituents is 2. The Balaban J connectivity index is 1.07. The summed E-state index contributed by atoms with van der Waals surface area (Å²) in [6.07, 6.45) is 3.89. The van der Waals surface area contributed by atoms with Crippen molar-refractivity contribution in [2.45, 2.75) is 25.7 Å². The van der Waals surface area contributed by atoms with E-state index in [0.29, 0.717) is 36.0 Å². The van der Waals surface area contributed by atoms with Gasteiger partial charge in [-0.2, -0.15) is 20.5 Å². The number of nitro groups is 2. The average Bonchev–Trinajstić information content (AvgIpc) is 3.02. The maximum absolute atomic E-state index is 10.7. The summed E-state index contributed by atoms with van der Waals surface area (Å²) in [7, 11) is 0. The molecule has 0 saturated heterocycles. The van der Waals surface area contributed by atoms with E-state index in [4.69, 9.17) is 9.47 Å². The molecule has 0 heterocycles. The molecule has 0 unspecified atom stereocenters. The molecule has 0 radical (unpaired) electrons. The second-order valence-corrected chi connectivity index (χ2v) is 9.05. The van der Waals surface area contributed by atoms with Crippen LogP contribution in [0.1, 0.15) is 25.7 Å². The van der Waals surface area contributed by atoms with Gasteiger partial charge in [0, 0.05) is 24.3 Å². The van der Waals surface area contributed by atoms with Gasteiger partial charge in [-0.1, -0.05) is 0 Å². The summed E-state index contributed by atoms with van der Waals surface area (Å²) >= 11 is 0. The predicted molar refractivity (Wildman–Crippen MR) is 157 cm³/mol. The summed E-state index contributed by atoms with van der Waals surface area (Å²) < 4.78 is 11.6. The molecule has 12 heteroatoms. The van der Waals surface area contributed by atoms with Crippen molar-refractivity contribution in [3.8, 4) is 11.5 Å². The molecule has 0 amide bonds. The highest BCUT2D eigenvalue weighted by Crippen LogP contribution is 2.25. The quantitative estimate of drug-likeness (QED) is 0.0602. The van der Waals surface area contributed by atoms with Crippen LogP contribution in [0.15, 0.2) is 118 Å². The summed E-state index contributed by atoms with van der Waals surface area (Å²) in [6.45, 7) is 1.22. The summed E-state index contributed by atoms with van der Waals surface area (Å²) in [4.78, 5) is 20.5. The molecule has 0 fully saturated rings. The Kier molecular flexibility index (Phi) is 10.7. The maximum atomic E-state index is 10.7. The fourth-order valence-corrected chi connectivity index (χ4v) is 3.67. The first kappa shape index (κ1) is 29.5. The molecule has 0 aliphatic carbocycles. The summed E-state index contributed by atoms with van der Waals surface area (Å²) in [6, 6.07) is 26.3. The highest BCUT2D eigenvalue weighted by molar-refractivity contribution is 5.47. The van der Waals surface area contributed by atoms with E-state index in [1.54, 1.807) is 48.5 Å². The Bertz CT molecular complexity index is 1390. The van der Waals surface area contributed by atoms with Crippen molar-refractivity contribution >= 4 is 34.1 Å². The molecule has 0 aliphatic heterocycles. The summed E-state index contributed by atoms with van der Waals surface area (Å²) in [5, 5.41) is 37.9. The molecule has 4 aromatic carbocycles. The van der Waals surface area contributed by atoms with Crippen LogP contribution in [0.4, 0.5) is 34.1 Å². The van der Waals surface area contributed by atoms with Gasteiger partial charge in [0.15, 0.2) is 0 Å². The van der Waals surface area contributed by atoms with E-state index in [-0.39, 0.29) is 11.4 Å². The number of hydrogen-bond donors (Lipinski definition) is 0. The van der Waals surface area contributed by atoms with Crippen LogP contribution in [-0.4, -0.2) is 23.1 Å². The van der Waals surface area contributed by atoms with E-state index in [1.165, 1.54) is 24.3 Å². The van der Waals surface area contributed by atoms with Crippen LogP contribution in [0.25, 0.3) is 0 Å². The van der Waals surface area contributed by atoms with Crippen molar-refractivity contribution in [3.05, 3.63) is 117 Å². The highest BCUT2D eigenvalue weighted by Gasteiger charge is 2.04. The number of hydrogen-bond acceptors (Lipinski definition) is 10. The topological polar surface area (TPSA) is 154 Å². The number of nitrogens with zero attached hydrogens (tertiary/aromatic N) is 6. The van der Waals surface area contributed by atoms with Crippen molar-refractivity contribution in [1.29, 1.82) is 0 Å². The Morgan fingerprint density at radius 2 is 0.738 bits per heavy atom. The van der Waals surface area contributed by atoms with Gasteiger partial charge in [0.1, 0.15) is 11.5 Å². The molecule has 0 aliphatic rings. The average molecular weight is 569 g/mol. The lowest BCUT2D eigenvalue weighted by molar-refractivity contribution is -0.385. The molecule has 0 aromatic heterocycles. The van der Waals surface area contributed by atoms with Crippen LogP contribution in [-0.2, 0) is 0 Å². The standard InChI is InChI=1S/C30H28N6O6/c37-35(38)27-13-5-23(6-14-27)31-33-25-9-17-29(18-10-25)41-21-3-1-2-4-22-42-30-19-11-26(12-20-30)34-32-24-7-15-28(16-8-24)36(39)40/h5-20H,1-4,21-22H2. The molecule has 42 heavy (non-hydrogen) atoms. The number of benzene rings is 4. The third kappa shape index (κ3) is 9.59. The van der Waals surface area contributed by atoms with E-state index in [0.717, 1.165) is 37.2 Å². The minimum Gasteiger partial charge on any atom is -0.494 e. The first-order chi connectivity index (χ1) is 20.5. The number of unbranched alkanes of at least 4 members (excludes halogenated alkanes) is 3. The Morgan fingerprint density at radius 1 is 0.452 bits per heavy atom. The molecular formula is C30H28N6O6. The predicted octanol–water partition coefficient (Wildman–Crippen LogP) is 9.35. The molecule has 214 valence electrons. The summed E-state index contributed by atoms with van der Waals surface area (Å²) in [5.74, 6) is 1.51. The first-order valence-electron chi connectivity index (χ1n) is 13.2. The number of azo groups is 2. The fourth-order valence-electron chi connectivity index (χ4n) is 3.67. The van der Waals surface area contributed by atoms with Crippen LogP contribution >= 0.6 is 0 Å². The zero-order chi connectivity index (χ0) is 29.6. The molecule has 12 nitrogen and oxygen atoms in total. The summed E-state index contributed by atoms with van der Waals surface area (Å²) in [5.41, 5.74) is 2.40. The second-order valence-electron chi connectivity index (χ2n) is 9.05. The molecule has 0 N–H and O–H groups in total. The molecular weight excluding hydrogens is 540 g/mol. The van der Waals surface area contributed by atoms with Crippen molar-refractivity contribution in [3.63, 3.8) is 0 Å². The van der Waals surface area contributed by atoms with Gasteiger partial charge < -0.3 is 9.47 Å². The highest BCUT2D eigenvalue weighted by atomic mass is 16.6. The lowest BCUT2D eigenvalue weighted by Gasteiger charge is -2.07. The van der Waals surface area contributed by atoms with Gasteiger partial charge in [-0.05, 0) is 98.5 Å². The van der Waals surface area contributed by atoms with Crippen LogP contribution in [0.5, 0.6) is 11.5 Å². The van der Waals surface area contributed by atoms with E-state index >= 15 is 0 Å². The third-order valence-electron chi connectivity index (χ3n) is 5.93. The lowest BCUT2D eigenvalue weighted by atomic mass is 10.2. The van der Waals surface area contributed by atoms with Gasteiger partial charge in [0.05, 0.1) is 45.8 Å². The van der Waals surface area contributed by atoms with Gasteiger partial charge in [-0.25, -0.2) is 0 Å². The van der Waals surface area contributed by atoms with Crippen LogP contribution in [0.2, 0.25) is 0 Å². The Hall–Kier alpha value is -5.52. The van der Waals surface area contributed by atoms with E-state index in [1.807, 2.05) is 24.3 Å². The van der Waals surface area contributed by atoms with E-state index < -0.39 is 9.85 Å². The smallest absolute Gasteiger partial charge is 0.269 e. The molecule has 4 rings (SSSR count). The zero-order valence-corrected chi connectivity index (χ0v) is 22.6. The number of ether oxygens (including phenoxy) is 2. The van der Waals surface area contributed by atoms with Gasteiger partial charge >= 0.3 is 0 Å². The van der Waals surface area contributed by atoms with Crippen molar-refractivity contribution in [1.82, 2.24) is 0 Å². The minimum absolute atomic E-state index is 0.0104. The van der Waals surface area contributed by atoms with Crippen LogP contribution in [0.3, 0.4) is 0 Å². The molecule has 0 bridgehead atoms. The van der Waals surface area contributed by atoms with Crippen LogP contribution in [0, 0.1) is 20.2 Å².